The van der Waals surface area contributed by atoms with Crippen LogP contribution in [0, 0.1) is 6.92 Å². The third-order valence-electron chi connectivity index (χ3n) is 10.2. The number of carboxylic acids is 1. The van der Waals surface area contributed by atoms with E-state index >= 15 is 0 Å². The number of ketones is 1. The molecule has 59 heavy (non-hydrogen) atoms. The fourth-order valence-electron chi connectivity index (χ4n) is 6.84. The number of aliphatic carboxylic acids is 1. The summed E-state index contributed by atoms with van der Waals surface area (Å²) >= 11 is 0. The highest BCUT2D eigenvalue weighted by molar-refractivity contribution is 6.00. The van der Waals surface area contributed by atoms with Gasteiger partial charge in [0.15, 0.2) is 5.78 Å². The van der Waals surface area contributed by atoms with E-state index in [9.17, 15) is 38.7 Å². The molecule has 0 radical (unpaired) electrons. The molecule has 2 atom stereocenters. The number of para-hydroxylation sites is 1. The molecule has 6 amide bonds. The van der Waals surface area contributed by atoms with Gasteiger partial charge in [-0.3, -0.25) is 33.8 Å². The Morgan fingerprint density at radius 3 is 2.20 bits per heavy atom. The number of carboxylic acid groups (broad SMARTS) is 1. The summed E-state index contributed by atoms with van der Waals surface area (Å²) in [7, 11) is 0. The fraction of sp³-hybridized carbons (Fsp3) is 0.409. The van der Waals surface area contributed by atoms with Gasteiger partial charge in [0, 0.05) is 42.8 Å². The van der Waals surface area contributed by atoms with Gasteiger partial charge in [-0.25, -0.2) is 4.79 Å². The van der Waals surface area contributed by atoms with E-state index in [1.54, 1.807) is 54.9 Å². The zero-order chi connectivity index (χ0) is 42.6. The number of nitrogens with one attached hydrogen (secondary N) is 6. The Balaban J connectivity index is 1.41. The monoisotopic (exact) mass is 809 g/mol. The van der Waals surface area contributed by atoms with E-state index in [1.165, 1.54) is 13.0 Å². The van der Waals surface area contributed by atoms with E-state index in [1.807, 2.05) is 31.2 Å². The quantitative estimate of drug-likeness (QED) is 0.0553. The van der Waals surface area contributed by atoms with Gasteiger partial charge in [-0.2, -0.15) is 0 Å². The van der Waals surface area contributed by atoms with Gasteiger partial charge in [0.05, 0.1) is 12.0 Å². The molecule has 1 aliphatic carbocycles. The van der Waals surface area contributed by atoms with Crippen LogP contribution in [-0.2, 0) is 35.2 Å². The number of aryl methyl sites for hydroxylation is 1. The maximum Gasteiger partial charge on any atom is 0.323 e. The summed E-state index contributed by atoms with van der Waals surface area (Å²) < 4.78 is 0. The number of unbranched alkanes of at least 4 members (excludes halogenated alkanes) is 1. The molecule has 3 aromatic rings. The van der Waals surface area contributed by atoms with Crippen LogP contribution in [0.4, 0.5) is 16.2 Å². The normalized spacial score (nSPS) is 14.3. The standard InChI is InChI=1S/C44H55N7O8/c1-30-12-4-5-14-35(30)50-43(59)47-34-21-18-32(19-22-34)28-39(54)48-36(15-6-9-27-46-38(53)23-20-33-13-11-26-45-29-33)41(57)49-37(16-10-17-40(55)56)42(58)51-44(31(2)52)24-7-3-8-25-44/h4-5,11-14,18-23,26,29,36-37H,3,6-10,15-17,24-25,27-28H2,1-2H3,(H,46,53)(H,48,54)(H,49,57)(H,51,58)(H,55,56)(H2,47,50,59)/b23-20+/t36-,37+/m1/s1. The van der Waals surface area contributed by atoms with Crippen molar-refractivity contribution in [1.82, 2.24) is 26.3 Å². The Bertz CT molecular complexity index is 1950. The summed E-state index contributed by atoms with van der Waals surface area (Å²) in [4.78, 5) is 94.1. The number of carbonyl (C=O) groups excluding carboxylic acids is 6. The molecule has 1 fully saturated rings. The smallest absolute Gasteiger partial charge is 0.323 e. The van der Waals surface area contributed by atoms with Crippen molar-refractivity contribution in [3.63, 3.8) is 0 Å². The molecule has 0 spiro atoms. The number of Topliss-reactive ketones (excluding diaryl/α,β-unsaturated/α-hetero) is 1. The maximum absolute atomic E-state index is 13.9. The van der Waals surface area contributed by atoms with Crippen LogP contribution in [-0.4, -0.2) is 75.7 Å². The van der Waals surface area contributed by atoms with Crippen LogP contribution in [0.25, 0.3) is 6.08 Å². The minimum absolute atomic E-state index is 0.000477. The molecule has 1 aromatic heterocycles. The van der Waals surface area contributed by atoms with Crippen molar-refractivity contribution in [2.24, 2.45) is 0 Å². The van der Waals surface area contributed by atoms with Crippen molar-refractivity contribution in [2.75, 3.05) is 17.2 Å². The van der Waals surface area contributed by atoms with Crippen molar-refractivity contribution in [1.29, 1.82) is 0 Å². The fourth-order valence-corrected chi connectivity index (χ4v) is 6.84. The van der Waals surface area contributed by atoms with Crippen molar-refractivity contribution < 1.29 is 38.7 Å². The second-order valence-electron chi connectivity index (χ2n) is 14.8. The number of benzene rings is 2. The Hall–Kier alpha value is -6.38. The predicted octanol–water partition coefficient (Wildman–Crippen LogP) is 5.21. The molecule has 0 bridgehead atoms. The number of urea groups is 1. The summed E-state index contributed by atoms with van der Waals surface area (Å²) in [6, 6.07) is 15.0. The van der Waals surface area contributed by atoms with Crippen LogP contribution in [0.3, 0.4) is 0 Å². The molecule has 4 rings (SSSR count). The zero-order valence-electron chi connectivity index (χ0n) is 33.7. The Morgan fingerprint density at radius 2 is 1.53 bits per heavy atom. The highest BCUT2D eigenvalue weighted by atomic mass is 16.4. The first kappa shape index (κ1) is 45.3. The lowest BCUT2D eigenvalue weighted by atomic mass is 9.78. The largest absolute Gasteiger partial charge is 0.481 e. The average molecular weight is 810 g/mol. The SMILES string of the molecule is CC(=O)C1(NC(=O)[C@H](CCCC(=O)O)NC(=O)[C@@H](CCCCNC(=O)/C=C/c2cccnc2)NC(=O)Cc2ccc(NC(=O)Nc3ccccc3C)cc2)CCCCC1. The van der Waals surface area contributed by atoms with Crippen LogP contribution in [0.15, 0.2) is 79.1 Å². The van der Waals surface area contributed by atoms with E-state index < -0.39 is 47.3 Å². The first-order chi connectivity index (χ1) is 28.3. The highest BCUT2D eigenvalue weighted by Gasteiger charge is 2.40. The van der Waals surface area contributed by atoms with Crippen LogP contribution in [0.5, 0.6) is 0 Å². The maximum atomic E-state index is 13.9. The van der Waals surface area contributed by atoms with Crippen molar-refractivity contribution >= 4 is 58.9 Å². The third kappa shape index (κ3) is 15.5. The van der Waals surface area contributed by atoms with E-state index in [0.29, 0.717) is 49.2 Å². The first-order valence-electron chi connectivity index (χ1n) is 20.1. The van der Waals surface area contributed by atoms with Gasteiger partial charge in [0.1, 0.15) is 12.1 Å². The van der Waals surface area contributed by atoms with Gasteiger partial charge < -0.3 is 37.0 Å². The van der Waals surface area contributed by atoms with E-state index in [0.717, 1.165) is 30.4 Å². The second kappa shape index (κ2) is 23.1. The number of hydrogen-bond donors (Lipinski definition) is 7. The van der Waals surface area contributed by atoms with E-state index in [2.05, 4.69) is 36.9 Å². The molecular formula is C44H55N7O8. The van der Waals surface area contributed by atoms with Crippen LogP contribution >= 0.6 is 0 Å². The number of hydrogen-bond acceptors (Lipinski definition) is 8. The topological polar surface area (TPSA) is 225 Å². The van der Waals surface area contributed by atoms with E-state index in [-0.39, 0.29) is 43.8 Å². The lowest BCUT2D eigenvalue weighted by molar-refractivity contribution is -0.138. The molecule has 2 aromatic carbocycles. The predicted molar refractivity (Wildman–Crippen MR) is 224 cm³/mol. The number of amides is 6. The third-order valence-corrected chi connectivity index (χ3v) is 10.2. The van der Waals surface area contributed by atoms with E-state index in [4.69, 9.17) is 0 Å². The molecule has 1 saturated carbocycles. The van der Waals surface area contributed by atoms with Crippen molar-refractivity contribution in [3.05, 3.63) is 95.8 Å². The molecule has 15 heteroatoms. The summed E-state index contributed by atoms with van der Waals surface area (Å²) in [5, 5.41) is 26.1. The first-order valence-corrected chi connectivity index (χ1v) is 20.1. The number of aromatic nitrogens is 1. The van der Waals surface area contributed by atoms with Crippen LogP contribution < -0.4 is 31.9 Å². The summed E-state index contributed by atoms with van der Waals surface area (Å²) in [6.07, 6.45) is 10.5. The van der Waals surface area contributed by atoms with Gasteiger partial charge in [-0.05, 0) is 106 Å². The van der Waals surface area contributed by atoms with Gasteiger partial charge in [0.2, 0.25) is 23.6 Å². The molecule has 0 saturated heterocycles. The summed E-state index contributed by atoms with van der Waals surface area (Å²) in [5.74, 6) is -3.24. The highest BCUT2D eigenvalue weighted by Crippen LogP contribution is 2.29. The Morgan fingerprint density at radius 1 is 0.814 bits per heavy atom. The van der Waals surface area contributed by atoms with Gasteiger partial charge in [-0.15, -0.1) is 0 Å². The molecule has 314 valence electrons. The van der Waals surface area contributed by atoms with Crippen LogP contribution in [0.2, 0.25) is 0 Å². The lowest BCUT2D eigenvalue weighted by Crippen LogP contribution is -2.60. The summed E-state index contributed by atoms with van der Waals surface area (Å²) in [5.41, 5.74) is 2.40. The average Bonchev–Trinajstić information content (AvgIpc) is 3.21. The molecule has 1 aliphatic rings. The molecule has 0 unspecified atom stereocenters. The number of pyridine rings is 1. The van der Waals surface area contributed by atoms with Gasteiger partial charge >= 0.3 is 12.0 Å². The number of rotatable bonds is 21. The lowest BCUT2D eigenvalue weighted by Gasteiger charge is -2.37. The van der Waals surface area contributed by atoms with Gasteiger partial charge in [0.25, 0.3) is 0 Å². The van der Waals surface area contributed by atoms with Crippen LogP contribution in [0.1, 0.15) is 94.2 Å². The Labute approximate surface area is 344 Å². The molecule has 1 heterocycles. The second-order valence-corrected chi connectivity index (χ2v) is 14.8. The molecule has 15 nitrogen and oxygen atoms in total. The van der Waals surface area contributed by atoms with Crippen molar-refractivity contribution in [3.8, 4) is 0 Å². The van der Waals surface area contributed by atoms with Gasteiger partial charge in [-0.1, -0.05) is 55.7 Å². The minimum Gasteiger partial charge on any atom is -0.481 e. The molecule has 0 aliphatic heterocycles. The number of anilines is 2. The Kier molecular flexibility index (Phi) is 17.8. The summed E-state index contributed by atoms with van der Waals surface area (Å²) in [6.45, 7) is 3.62. The number of nitrogens with zero attached hydrogens (tertiary/aromatic N) is 1. The molecule has 7 N–H and O–H groups in total. The minimum atomic E-state index is -1.16. The zero-order valence-corrected chi connectivity index (χ0v) is 33.7. The molecular weight excluding hydrogens is 755 g/mol. The number of carbonyl (C=O) groups is 7. The van der Waals surface area contributed by atoms with Crippen molar-refractivity contribution in [2.45, 2.75) is 109 Å².